The van der Waals surface area contributed by atoms with Gasteiger partial charge in [0.2, 0.25) is 0 Å². The molecular formula is C7H8ClF3N2. The van der Waals surface area contributed by atoms with Crippen LogP contribution in [-0.2, 0) is 19.6 Å². The predicted octanol–water partition coefficient (Wildman–Crippen LogP) is 2.65. The van der Waals surface area contributed by atoms with Crippen LogP contribution in [-0.4, -0.2) is 9.78 Å². The summed E-state index contributed by atoms with van der Waals surface area (Å²) < 4.78 is 37.9. The molecule has 0 aliphatic heterocycles. The van der Waals surface area contributed by atoms with Gasteiger partial charge >= 0.3 is 6.18 Å². The maximum atomic E-state index is 12.4. The van der Waals surface area contributed by atoms with Crippen LogP contribution in [0.1, 0.15) is 18.2 Å². The lowest BCUT2D eigenvalue weighted by atomic mass is 10.2. The van der Waals surface area contributed by atoms with Crippen molar-refractivity contribution in [3.8, 4) is 0 Å². The normalized spacial score (nSPS) is 12.2. The molecule has 1 heterocycles. The van der Waals surface area contributed by atoms with Crippen molar-refractivity contribution < 1.29 is 13.2 Å². The van der Waals surface area contributed by atoms with E-state index in [0.717, 1.165) is 4.68 Å². The lowest BCUT2D eigenvalue weighted by molar-refractivity contribution is -0.144. The molecule has 0 aliphatic carbocycles. The summed E-state index contributed by atoms with van der Waals surface area (Å²) in [7, 11) is 1.23. The maximum Gasteiger partial charge on any atom is 0.433 e. The van der Waals surface area contributed by atoms with Crippen LogP contribution in [0, 0.1) is 0 Å². The minimum absolute atomic E-state index is 0.0525. The molecule has 74 valence electrons. The van der Waals surface area contributed by atoms with Crippen LogP contribution in [0.3, 0.4) is 0 Å². The lowest BCUT2D eigenvalue weighted by Gasteiger charge is -2.08. The second kappa shape index (κ2) is 3.21. The number of hydrogen-bond acceptors (Lipinski definition) is 1. The van der Waals surface area contributed by atoms with Crippen LogP contribution in [0.15, 0.2) is 0 Å². The van der Waals surface area contributed by atoms with Gasteiger partial charge in [-0.1, -0.05) is 18.5 Å². The van der Waals surface area contributed by atoms with Gasteiger partial charge < -0.3 is 0 Å². The highest BCUT2D eigenvalue weighted by Crippen LogP contribution is 2.34. The Labute approximate surface area is 78.3 Å². The highest BCUT2D eigenvalue weighted by molar-refractivity contribution is 6.30. The predicted molar refractivity (Wildman–Crippen MR) is 42.6 cm³/mol. The average Bonchev–Trinajstić information content (AvgIpc) is 2.23. The van der Waals surface area contributed by atoms with Crippen molar-refractivity contribution in [3.63, 3.8) is 0 Å². The van der Waals surface area contributed by atoms with Crippen LogP contribution in [0.25, 0.3) is 0 Å². The molecule has 0 radical (unpaired) electrons. The second-order valence-corrected chi connectivity index (χ2v) is 2.95. The van der Waals surface area contributed by atoms with Crippen LogP contribution in [0.5, 0.6) is 0 Å². The van der Waals surface area contributed by atoms with Crippen LogP contribution in [0.2, 0.25) is 5.15 Å². The van der Waals surface area contributed by atoms with Gasteiger partial charge in [-0.05, 0) is 6.42 Å². The molecule has 0 atom stereocenters. The van der Waals surface area contributed by atoms with E-state index in [1.807, 2.05) is 0 Å². The summed E-state index contributed by atoms with van der Waals surface area (Å²) in [4.78, 5) is 0. The van der Waals surface area contributed by atoms with Gasteiger partial charge in [0.1, 0.15) is 5.69 Å². The van der Waals surface area contributed by atoms with E-state index in [2.05, 4.69) is 5.10 Å². The Morgan fingerprint density at radius 1 is 1.46 bits per heavy atom. The SMILES string of the molecule is CCc1c(Cl)nn(C)c1C(F)(F)F. The van der Waals surface area contributed by atoms with Crippen molar-refractivity contribution in [2.45, 2.75) is 19.5 Å². The van der Waals surface area contributed by atoms with Crippen LogP contribution >= 0.6 is 11.6 Å². The molecular weight excluding hydrogens is 205 g/mol. The number of alkyl halides is 3. The van der Waals surface area contributed by atoms with E-state index in [1.165, 1.54) is 7.05 Å². The molecule has 0 amide bonds. The van der Waals surface area contributed by atoms with Crippen molar-refractivity contribution in [1.82, 2.24) is 9.78 Å². The largest absolute Gasteiger partial charge is 0.433 e. The van der Waals surface area contributed by atoms with E-state index >= 15 is 0 Å². The molecule has 0 spiro atoms. The van der Waals surface area contributed by atoms with Gasteiger partial charge in [0, 0.05) is 12.6 Å². The average molecular weight is 213 g/mol. The Morgan fingerprint density at radius 2 is 2.00 bits per heavy atom. The van der Waals surface area contributed by atoms with E-state index in [1.54, 1.807) is 6.92 Å². The molecule has 1 rings (SSSR count). The van der Waals surface area contributed by atoms with Crippen molar-refractivity contribution in [3.05, 3.63) is 16.4 Å². The highest BCUT2D eigenvalue weighted by Gasteiger charge is 2.38. The fourth-order valence-corrected chi connectivity index (χ4v) is 1.54. The summed E-state index contributed by atoms with van der Waals surface area (Å²) >= 11 is 5.52. The molecule has 0 saturated carbocycles. The molecule has 0 N–H and O–H groups in total. The van der Waals surface area contributed by atoms with Gasteiger partial charge in [0.15, 0.2) is 5.15 Å². The zero-order valence-corrected chi connectivity index (χ0v) is 7.87. The summed E-state index contributed by atoms with van der Waals surface area (Å²) in [5, 5.41) is 3.44. The van der Waals surface area contributed by atoms with E-state index in [4.69, 9.17) is 11.6 Å². The number of aryl methyl sites for hydroxylation is 1. The molecule has 0 fully saturated rings. The summed E-state index contributed by atoms with van der Waals surface area (Å²) in [6, 6.07) is 0. The number of hydrogen-bond donors (Lipinski definition) is 0. The topological polar surface area (TPSA) is 17.8 Å². The van der Waals surface area contributed by atoms with Crippen molar-refractivity contribution in [2.24, 2.45) is 7.05 Å². The van der Waals surface area contributed by atoms with Crippen molar-refractivity contribution in [2.75, 3.05) is 0 Å². The fraction of sp³-hybridized carbons (Fsp3) is 0.571. The molecule has 0 aromatic carbocycles. The zero-order valence-electron chi connectivity index (χ0n) is 7.11. The molecule has 0 unspecified atom stereocenters. The summed E-state index contributed by atoms with van der Waals surface area (Å²) in [6.07, 6.45) is -4.16. The molecule has 0 saturated heterocycles. The van der Waals surface area contributed by atoms with Gasteiger partial charge in [-0.15, -0.1) is 0 Å². The van der Waals surface area contributed by atoms with Crippen molar-refractivity contribution >= 4 is 11.6 Å². The fourth-order valence-electron chi connectivity index (χ4n) is 1.20. The molecule has 6 heteroatoms. The Morgan fingerprint density at radius 3 is 2.31 bits per heavy atom. The molecule has 13 heavy (non-hydrogen) atoms. The smallest absolute Gasteiger partial charge is 0.262 e. The Bertz CT molecular complexity index is 316. The molecule has 1 aromatic rings. The first-order valence-electron chi connectivity index (χ1n) is 3.66. The van der Waals surface area contributed by atoms with Crippen molar-refractivity contribution in [1.29, 1.82) is 0 Å². The van der Waals surface area contributed by atoms with E-state index in [0.29, 0.717) is 0 Å². The molecule has 0 aliphatic rings. The minimum Gasteiger partial charge on any atom is -0.262 e. The summed E-state index contributed by atoms with van der Waals surface area (Å²) in [6.45, 7) is 1.61. The second-order valence-electron chi connectivity index (χ2n) is 2.59. The standard InChI is InChI=1S/C7H8ClF3N2/c1-3-4-5(7(9,10)11)13(2)12-6(4)8/h3H2,1-2H3. The monoisotopic (exact) mass is 212 g/mol. The van der Waals surface area contributed by atoms with Gasteiger partial charge in [-0.2, -0.15) is 18.3 Å². The number of aromatic nitrogens is 2. The molecule has 2 nitrogen and oxygen atoms in total. The molecule has 0 bridgehead atoms. The first-order chi connectivity index (χ1) is 5.88. The first kappa shape index (κ1) is 10.4. The summed E-state index contributed by atoms with van der Waals surface area (Å²) in [5.41, 5.74) is -0.711. The van der Waals surface area contributed by atoms with Gasteiger partial charge in [0.25, 0.3) is 0 Å². The van der Waals surface area contributed by atoms with Gasteiger partial charge in [-0.3, -0.25) is 4.68 Å². The van der Waals surface area contributed by atoms with E-state index in [9.17, 15) is 13.2 Å². The lowest BCUT2D eigenvalue weighted by Crippen LogP contribution is -2.13. The number of nitrogens with zero attached hydrogens (tertiary/aromatic N) is 2. The highest BCUT2D eigenvalue weighted by atomic mass is 35.5. The van der Waals surface area contributed by atoms with Crippen LogP contribution in [0.4, 0.5) is 13.2 Å². The quantitative estimate of drug-likeness (QED) is 0.700. The third kappa shape index (κ3) is 1.80. The van der Waals surface area contributed by atoms with Crippen LogP contribution < -0.4 is 0 Å². The van der Waals surface area contributed by atoms with Gasteiger partial charge in [-0.25, -0.2) is 0 Å². The summed E-state index contributed by atoms with van der Waals surface area (Å²) in [5.74, 6) is 0. The third-order valence-electron chi connectivity index (χ3n) is 1.72. The molecule has 1 aromatic heterocycles. The Hall–Kier alpha value is -0.710. The number of rotatable bonds is 1. The van der Waals surface area contributed by atoms with E-state index in [-0.39, 0.29) is 17.1 Å². The first-order valence-corrected chi connectivity index (χ1v) is 4.04. The maximum absolute atomic E-state index is 12.4. The Balaban J connectivity index is 3.34. The third-order valence-corrected chi connectivity index (χ3v) is 2.02. The number of halogens is 4. The minimum atomic E-state index is -4.39. The van der Waals surface area contributed by atoms with E-state index < -0.39 is 11.9 Å². The van der Waals surface area contributed by atoms with Gasteiger partial charge in [0.05, 0.1) is 0 Å². The Kier molecular flexibility index (Phi) is 2.56. The zero-order chi connectivity index (χ0) is 10.2.